The second-order valence-corrected chi connectivity index (χ2v) is 8.87. The van der Waals surface area contributed by atoms with Crippen LogP contribution in [0.15, 0.2) is 66.9 Å². The van der Waals surface area contributed by atoms with Crippen molar-refractivity contribution in [3.05, 3.63) is 72.4 Å². The summed E-state index contributed by atoms with van der Waals surface area (Å²) in [5, 5.41) is 3.96. The zero-order chi connectivity index (χ0) is 22.0. The summed E-state index contributed by atoms with van der Waals surface area (Å²) in [6.45, 7) is 6.27. The van der Waals surface area contributed by atoms with Crippen molar-refractivity contribution in [3.8, 4) is 0 Å². The third-order valence-electron chi connectivity index (χ3n) is 5.44. The standard InChI is InChI=1S/C25H27N3O3/c1-25(2,3)31-24(30)28-15-19(17-9-5-4-6-10-17)20(16-28)23(29)27-22-13-7-12-21-18(22)11-8-14-26-21/h4-14,19-20H,15-16H2,1-3H3,(H,27,29). The lowest BCUT2D eigenvalue weighted by atomic mass is 9.88. The number of anilines is 1. The quantitative estimate of drug-likeness (QED) is 0.663. The lowest BCUT2D eigenvalue weighted by Gasteiger charge is -2.24. The van der Waals surface area contributed by atoms with Gasteiger partial charge >= 0.3 is 6.09 Å². The summed E-state index contributed by atoms with van der Waals surface area (Å²) >= 11 is 0. The Morgan fingerprint density at radius 2 is 1.77 bits per heavy atom. The van der Waals surface area contributed by atoms with Gasteiger partial charge in [0.2, 0.25) is 5.91 Å². The molecule has 1 aliphatic rings. The van der Waals surface area contributed by atoms with Gasteiger partial charge in [-0.15, -0.1) is 0 Å². The number of nitrogens with one attached hydrogen (secondary N) is 1. The lowest BCUT2D eigenvalue weighted by Crippen LogP contribution is -2.36. The highest BCUT2D eigenvalue weighted by molar-refractivity contribution is 6.02. The molecule has 1 fully saturated rings. The minimum atomic E-state index is -0.588. The summed E-state index contributed by atoms with van der Waals surface area (Å²) in [6, 6.07) is 19.3. The Kier molecular flexibility index (Phi) is 5.63. The molecule has 3 aromatic rings. The summed E-state index contributed by atoms with van der Waals surface area (Å²) in [6.07, 6.45) is 1.34. The highest BCUT2D eigenvalue weighted by Gasteiger charge is 2.41. The molecule has 31 heavy (non-hydrogen) atoms. The first-order valence-corrected chi connectivity index (χ1v) is 10.5. The number of carbonyl (C=O) groups excluding carboxylic acids is 2. The molecule has 0 saturated carbocycles. The molecule has 0 spiro atoms. The van der Waals surface area contributed by atoms with E-state index in [4.69, 9.17) is 4.74 Å². The van der Waals surface area contributed by atoms with E-state index in [2.05, 4.69) is 10.3 Å². The predicted octanol–water partition coefficient (Wildman–Crippen LogP) is 4.82. The van der Waals surface area contributed by atoms with E-state index < -0.39 is 11.7 Å². The van der Waals surface area contributed by atoms with Gasteiger partial charge in [-0.2, -0.15) is 0 Å². The molecule has 2 unspecified atom stereocenters. The van der Waals surface area contributed by atoms with Gasteiger partial charge in [0.1, 0.15) is 5.60 Å². The average Bonchev–Trinajstić information content (AvgIpc) is 3.19. The van der Waals surface area contributed by atoms with Crippen LogP contribution in [0.25, 0.3) is 10.9 Å². The monoisotopic (exact) mass is 417 g/mol. The van der Waals surface area contributed by atoms with Crippen LogP contribution in [0.5, 0.6) is 0 Å². The maximum Gasteiger partial charge on any atom is 0.410 e. The van der Waals surface area contributed by atoms with Gasteiger partial charge < -0.3 is 15.0 Å². The van der Waals surface area contributed by atoms with Crippen LogP contribution in [0.2, 0.25) is 0 Å². The smallest absolute Gasteiger partial charge is 0.410 e. The van der Waals surface area contributed by atoms with E-state index in [-0.39, 0.29) is 17.7 Å². The molecule has 0 bridgehead atoms. The van der Waals surface area contributed by atoms with E-state index >= 15 is 0 Å². The van der Waals surface area contributed by atoms with Crippen LogP contribution in [0.3, 0.4) is 0 Å². The Labute approximate surface area is 182 Å². The third kappa shape index (κ3) is 4.68. The average molecular weight is 418 g/mol. The van der Waals surface area contributed by atoms with Gasteiger partial charge in [0, 0.05) is 30.6 Å². The number of pyridine rings is 1. The zero-order valence-corrected chi connectivity index (χ0v) is 18.0. The summed E-state index contributed by atoms with van der Waals surface area (Å²) in [7, 11) is 0. The SMILES string of the molecule is CC(C)(C)OC(=O)N1CC(C(=O)Nc2cccc3ncccc23)C(c2ccccc2)C1. The second kappa shape index (κ2) is 8.38. The number of likely N-dealkylation sites (tertiary alicyclic amines) is 1. The van der Waals surface area contributed by atoms with E-state index in [9.17, 15) is 9.59 Å². The number of hydrogen-bond donors (Lipinski definition) is 1. The molecule has 6 heteroatoms. The summed E-state index contributed by atoms with van der Waals surface area (Å²) in [5.74, 6) is -0.611. The van der Waals surface area contributed by atoms with E-state index in [1.54, 1.807) is 11.1 Å². The van der Waals surface area contributed by atoms with Gasteiger partial charge in [-0.3, -0.25) is 9.78 Å². The van der Waals surface area contributed by atoms with Crippen LogP contribution in [-0.4, -0.2) is 40.6 Å². The Bertz CT molecular complexity index is 1090. The molecular formula is C25H27N3O3. The first-order valence-electron chi connectivity index (χ1n) is 10.5. The van der Waals surface area contributed by atoms with Crippen molar-refractivity contribution >= 4 is 28.6 Å². The minimum Gasteiger partial charge on any atom is -0.444 e. The minimum absolute atomic E-state index is 0.109. The first kappa shape index (κ1) is 20.8. The van der Waals surface area contributed by atoms with Gasteiger partial charge in [0.25, 0.3) is 0 Å². The van der Waals surface area contributed by atoms with Crippen LogP contribution in [0.4, 0.5) is 10.5 Å². The van der Waals surface area contributed by atoms with Crippen LogP contribution in [0.1, 0.15) is 32.3 Å². The molecule has 1 aromatic heterocycles. The predicted molar refractivity (Wildman–Crippen MR) is 121 cm³/mol. The molecule has 2 atom stereocenters. The summed E-state index contributed by atoms with van der Waals surface area (Å²) in [4.78, 5) is 32.1. The fourth-order valence-electron chi connectivity index (χ4n) is 4.02. The van der Waals surface area contributed by atoms with Crippen molar-refractivity contribution in [2.75, 3.05) is 18.4 Å². The molecular weight excluding hydrogens is 390 g/mol. The highest BCUT2D eigenvalue weighted by Crippen LogP contribution is 2.35. The van der Waals surface area contributed by atoms with Crippen LogP contribution < -0.4 is 5.32 Å². The topological polar surface area (TPSA) is 71.5 Å². The summed E-state index contributed by atoms with van der Waals surface area (Å²) in [5.41, 5.74) is 1.99. The van der Waals surface area contributed by atoms with Crippen LogP contribution in [-0.2, 0) is 9.53 Å². The fourth-order valence-corrected chi connectivity index (χ4v) is 4.02. The lowest BCUT2D eigenvalue weighted by molar-refractivity contribution is -0.119. The molecule has 4 rings (SSSR count). The van der Waals surface area contributed by atoms with E-state index in [0.29, 0.717) is 13.1 Å². The molecule has 2 aromatic carbocycles. The van der Waals surface area contributed by atoms with E-state index in [0.717, 1.165) is 22.2 Å². The molecule has 0 radical (unpaired) electrons. The number of aromatic nitrogens is 1. The molecule has 160 valence electrons. The van der Waals surface area contributed by atoms with E-state index in [1.165, 1.54) is 0 Å². The number of nitrogens with zero attached hydrogens (tertiary/aromatic N) is 2. The van der Waals surface area contributed by atoms with E-state index in [1.807, 2.05) is 81.4 Å². The van der Waals surface area contributed by atoms with Crippen molar-refractivity contribution in [1.29, 1.82) is 0 Å². The van der Waals surface area contributed by atoms with Crippen LogP contribution in [0, 0.1) is 5.92 Å². The Morgan fingerprint density at radius 1 is 1.00 bits per heavy atom. The number of benzene rings is 2. The van der Waals surface area contributed by atoms with Gasteiger partial charge in [-0.1, -0.05) is 36.4 Å². The molecule has 2 heterocycles. The maximum atomic E-state index is 13.4. The second-order valence-electron chi connectivity index (χ2n) is 8.87. The first-order chi connectivity index (χ1) is 14.8. The van der Waals surface area contributed by atoms with Gasteiger partial charge in [0.05, 0.1) is 17.1 Å². The molecule has 0 aliphatic carbocycles. The van der Waals surface area contributed by atoms with Crippen molar-refractivity contribution in [2.45, 2.75) is 32.3 Å². The number of hydrogen-bond acceptors (Lipinski definition) is 4. The molecule has 1 aliphatic heterocycles. The van der Waals surface area contributed by atoms with Crippen molar-refractivity contribution in [3.63, 3.8) is 0 Å². The number of fused-ring (bicyclic) bond motifs is 1. The number of ether oxygens (including phenoxy) is 1. The number of carbonyl (C=O) groups is 2. The Balaban J connectivity index is 1.60. The maximum absolute atomic E-state index is 13.4. The van der Waals surface area contributed by atoms with Crippen molar-refractivity contribution in [1.82, 2.24) is 9.88 Å². The summed E-state index contributed by atoms with van der Waals surface area (Å²) < 4.78 is 5.56. The molecule has 1 saturated heterocycles. The fraction of sp³-hybridized carbons (Fsp3) is 0.320. The normalized spacial score (nSPS) is 18.7. The Morgan fingerprint density at radius 3 is 2.52 bits per heavy atom. The number of rotatable bonds is 3. The van der Waals surface area contributed by atoms with Gasteiger partial charge in [0.15, 0.2) is 0 Å². The zero-order valence-electron chi connectivity index (χ0n) is 18.0. The van der Waals surface area contributed by atoms with Gasteiger partial charge in [-0.25, -0.2) is 4.79 Å². The Hall–Kier alpha value is -3.41. The number of amides is 2. The highest BCUT2D eigenvalue weighted by atomic mass is 16.6. The van der Waals surface area contributed by atoms with Gasteiger partial charge in [-0.05, 0) is 50.6 Å². The molecule has 2 amide bonds. The van der Waals surface area contributed by atoms with Crippen molar-refractivity contribution < 1.29 is 14.3 Å². The molecule has 1 N–H and O–H groups in total. The third-order valence-corrected chi connectivity index (χ3v) is 5.44. The largest absolute Gasteiger partial charge is 0.444 e. The van der Waals surface area contributed by atoms with Crippen LogP contribution >= 0.6 is 0 Å². The van der Waals surface area contributed by atoms with Crippen molar-refractivity contribution in [2.24, 2.45) is 5.92 Å². The molecule has 6 nitrogen and oxygen atoms in total.